The van der Waals surface area contributed by atoms with E-state index in [4.69, 9.17) is 9.84 Å². The zero-order valence-corrected chi connectivity index (χ0v) is 16.4. The van der Waals surface area contributed by atoms with Crippen LogP contribution in [0.15, 0.2) is 85.1 Å². The Morgan fingerprint density at radius 2 is 1.73 bits per heavy atom. The van der Waals surface area contributed by atoms with Gasteiger partial charge in [-0.3, -0.25) is 4.79 Å². The lowest BCUT2D eigenvalue weighted by Crippen LogP contribution is -2.23. The molecule has 1 amide bonds. The number of benzene rings is 3. The summed E-state index contributed by atoms with van der Waals surface area (Å²) in [6, 6.07) is 23.7. The maximum atomic E-state index is 13.9. The Labute approximate surface area is 173 Å². The summed E-state index contributed by atoms with van der Waals surface area (Å²) >= 11 is 0. The number of amides is 1. The van der Waals surface area contributed by atoms with Crippen LogP contribution in [0.3, 0.4) is 0 Å². The van der Waals surface area contributed by atoms with Gasteiger partial charge in [-0.15, -0.1) is 0 Å². The van der Waals surface area contributed by atoms with Gasteiger partial charge in [-0.25, -0.2) is 9.07 Å². The van der Waals surface area contributed by atoms with Crippen LogP contribution in [0.25, 0.3) is 16.9 Å². The first-order chi connectivity index (χ1) is 14.7. The molecule has 1 aromatic heterocycles. The third-order valence-electron chi connectivity index (χ3n) is 4.71. The number of methoxy groups -OCH3 is 1. The predicted octanol–water partition coefficient (Wildman–Crippen LogP) is 4.62. The standard InChI is InChI=1S/C24H20FN3O2/c1-30-22-13-12-18(14-21(22)25)24(29)26-15-19-16-28(20-10-6-3-7-11-20)27-23(19)17-8-4-2-5-9-17/h2-14,16H,15H2,1H3,(H,26,29). The predicted molar refractivity (Wildman–Crippen MR) is 113 cm³/mol. The lowest BCUT2D eigenvalue weighted by Gasteiger charge is -2.07. The maximum Gasteiger partial charge on any atom is 0.251 e. The number of nitrogens with one attached hydrogen (secondary N) is 1. The fraction of sp³-hybridized carbons (Fsp3) is 0.0833. The number of aromatic nitrogens is 2. The van der Waals surface area contributed by atoms with E-state index in [2.05, 4.69) is 5.32 Å². The molecule has 0 aliphatic rings. The van der Waals surface area contributed by atoms with Gasteiger partial charge in [-0.1, -0.05) is 48.5 Å². The van der Waals surface area contributed by atoms with Gasteiger partial charge in [0.05, 0.1) is 18.5 Å². The summed E-state index contributed by atoms with van der Waals surface area (Å²) in [5.41, 5.74) is 3.73. The number of carbonyl (C=O) groups is 1. The van der Waals surface area contributed by atoms with Crippen molar-refractivity contribution in [2.24, 2.45) is 0 Å². The first kappa shape index (κ1) is 19.4. The molecule has 30 heavy (non-hydrogen) atoms. The zero-order chi connectivity index (χ0) is 20.9. The van der Waals surface area contributed by atoms with Crippen LogP contribution < -0.4 is 10.1 Å². The van der Waals surface area contributed by atoms with Crippen LogP contribution in [0.5, 0.6) is 5.75 Å². The average molecular weight is 401 g/mol. The molecule has 0 fully saturated rings. The van der Waals surface area contributed by atoms with Crippen LogP contribution in [0.2, 0.25) is 0 Å². The average Bonchev–Trinajstić information content (AvgIpc) is 3.23. The summed E-state index contributed by atoms with van der Waals surface area (Å²) in [4.78, 5) is 12.5. The third-order valence-corrected chi connectivity index (χ3v) is 4.71. The second kappa shape index (κ2) is 8.61. The second-order valence-corrected chi connectivity index (χ2v) is 6.68. The molecule has 1 heterocycles. The molecule has 5 nitrogen and oxygen atoms in total. The number of carbonyl (C=O) groups excluding carboxylic acids is 1. The molecule has 3 aromatic carbocycles. The number of hydrogen-bond acceptors (Lipinski definition) is 3. The van der Waals surface area contributed by atoms with Crippen LogP contribution in [-0.4, -0.2) is 22.8 Å². The van der Waals surface area contributed by atoms with Crippen molar-refractivity contribution in [3.8, 4) is 22.7 Å². The number of hydrogen-bond donors (Lipinski definition) is 1. The van der Waals surface area contributed by atoms with Crippen molar-refractivity contribution in [2.75, 3.05) is 7.11 Å². The lowest BCUT2D eigenvalue weighted by atomic mass is 10.1. The molecule has 1 N–H and O–H groups in total. The Morgan fingerprint density at radius 1 is 1.03 bits per heavy atom. The van der Waals surface area contributed by atoms with Crippen LogP contribution >= 0.6 is 0 Å². The minimum Gasteiger partial charge on any atom is -0.494 e. The van der Waals surface area contributed by atoms with Gasteiger partial charge in [0, 0.05) is 29.4 Å². The highest BCUT2D eigenvalue weighted by molar-refractivity contribution is 5.94. The van der Waals surface area contributed by atoms with Gasteiger partial charge in [0.15, 0.2) is 11.6 Å². The van der Waals surface area contributed by atoms with E-state index in [-0.39, 0.29) is 23.8 Å². The first-order valence-electron chi connectivity index (χ1n) is 9.47. The van der Waals surface area contributed by atoms with Gasteiger partial charge in [-0.2, -0.15) is 5.10 Å². The Kier molecular flexibility index (Phi) is 5.57. The Hall–Kier alpha value is -3.93. The number of rotatable bonds is 6. The van der Waals surface area contributed by atoms with E-state index in [1.807, 2.05) is 66.9 Å². The molecule has 0 radical (unpaired) electrons. The lowest BCUT2D eigenvalue weighted by molar-refractivity contribution is 0.0950. The van der Waals surface area contributed by atoms with Crippen molar-refractivity contribution < 1.29 is 13.9 Å². The van der Waals surface area contributed by atoms with E-state index in [0.29, 0.717) is 0 Å². The summed E-state index contributed by atoms with van der Waals surface area (Å²) in [5.74, 6) is -0.850. The molecule has 0 bridgehead atoms. The monoisotopic (exact) mass is 401 g/mol. The van der Waals surface area contributed by atoms with E-state index in [9.17, 15) is 9.18 Å². The van der Waals surface area contributed by atoms with Crippen LogP contribution in [0, 0.1) is 5.82 Å². The second-order valence-electron chi connectivity index (χ2n) is 6.68. The molecular formula is C24H20FN3O2. The van der Waals surface area contributed by atoms with Crippen molar-refractivity contribution in [2.45, 2.75) is 6.54 Å². The Bertz CT molecular complexity index is 1160. The summed E-state index contributed by atoms with van der Waals surface area (Å²) in [6.45, 7) is 0.254. The van der Waals surface area contributed by atoms with Crippen molar-refractivity contribution in [3.05, 3.63) is 102 Å². The molecular weight excluding hydrogens is 381 g/mol. The largest absolute Gasteiger partial charge is 0.494 e. The fourth-order valence-electron chi connectivity index (χ4n) is 3.18. The number of halogens is 1. The van der Waals surface area contributed by atoms with Gasteiger partial charge < -0.3 is 10.1 Å². The molecule has 0 aliphatic carbocycles. The number of nitrogens with zero attached hydrogens (tertiary/aromatic N) is 2. The van der Waals surface area contributed by atoms with Crippen LogP contribution in [0.1, 0.15) is 15.9 Å². The number of ether oxygens (including phenoxy) is 1. The SMILES string of the molecule is COc1ccc(C(=O)NCc2cn(-c3ccccc3)nc2-c2ccccc2)cc1F. The minimum absolute atomic E-state index is 0.0991. The van der Waals surface area contributed by atoms with Crippen molar-refractivity contribution in [3.63, 3.8) is 0 Å². The van der Waals surface area contributed by atoms with Crippen molar-refractivity contribution in [1.82, 2.24) is 15.1 Å². The maximum absolute atomic E-state index is 13.9. The summed E-state index contributed by atoms with van der Waals surface area (Å²) in [7, 11) is 1.38. The molecule has 4 rings (SSSR count). The van der Waals surface area contributed by atoms with Gasteiger partial charge in [0.1, 0.15) is 0 Å². The topological polar surface area (TPSA) is 56.1 Å². The highest BCUT2D eigenvalue weighted by Crippen LogP contribution is 2.24. The molecule has 6 heteroatoms. The van der Waals surface area contributed by atoms with E-state index >= 15 is 0 Å². The summed E-state index contributed by atoms with van der Waals surface area (Å²) in [6.07, 6.45) is 1.90. The summed E-state index contributed by atoms with van der Waals surface area (Å²) in [5, 5.41) is 7.58. The molecule has 0 atom stereocenters. The van der Waals surface area contributed by atoms with E-state index in [1.54, 1.807) is 4.68 Å². The smallest absolute Gasteiger partial charge is 0.251 e. The number of para-hydroxylation sites is 1. The molecule has 0 saturated carbocycles. The molecule has 0 aliphatic heterocycles. The molecule has 4 aromatic rings. The minimum atomic E-state index is -0.577. The van der Waals surface area contributed by atoms with Crippen LogP contribution in [-0.2, 0) is 6.54 Å². The highest BCUT2D eigenvalue weighted by Gasteiger charge is 2.15. The van der Waals surface area contributed by atoms with Crippen molar-refractivity contribution >= 4 is 5.91 Å². The zero-order valence-electron chi connectivity index (χ0n) is 16.4. The highest BCUT2D eigenvalue weighted by atomic mass is 19.1. The van der Waals surface area contributed by atoms with Gasteiger partial charge in [0.2, 0.25) is 0 Å². The van der Waals surface area contributed by atoms with Gasteiger partial charge in [-0.05, 0) is 30.3 Å². The fourth-order valence-corrected chi connectivity index (χ4v) is 3.18. The Balaban J connectivity index is 1.60. The van der Waals surface area contributed by atoms with E-state index in [0.717, 1.165) is 22.5 Å². The first-order valence-corrected chi connectivity index (χ1v) is 9.47. The molecule has 0 unspecified atom stereocenters. The van der Waals surface area contributed by atoms with E-state index < -0.39 is 5.82 Å². The quantitative estimate of drug-likeness (QED) is 0.513. The van der Waals surface area contributed by atoms with Crippen LogP contribution in [0.4, 0.5) is 4.39 Å². The Morgan fingerprint density at radius 3 is 2.40 bits per heavy atom. The molecule has 150 valence electrons. The molecule has 0 spiro atoms. The molecule has 0 saturated heterocycles. The van der Waals surface area contributed by atoms with Gasteiger partial charge in [0.25, 0.3) is 5.91 Å². The third kappa shape index (κ3) is 4.07. The van der Waals surface area contributed by atoms with E-state index in [1.165, 1.54) is 25.3 Å². The normalized spacial score (nSPS) is 10.6. The summed E-state index contributed by atoms with van der Waals surface area (Å²) < 4.78 is 20.6. The van der Waals surface area contributed by atoms with Gasteiger partial charge >= 0.3 is 0 Å². The van der Waals surface area contributed by atoms with Crippen molar-refractivity contribution in [1.29, 1.82) is 0 Å².